The lowest BCUT2D eigenvalue weighted by molar-refractivity contribution is 0.0268. The highest BCUT2D eigenvalue weighted by Crippen LogP contribution is 2.56. The number of hydrogen-bond donors (Lipinski definition) is 1. The van der Waals surface area contributed by atoms with Crippen molar-refractivity contribution in [1.82, 2.24) is 5.32 Å². The van der Waals surface area contributed by atoms with Crippen LogP contribution >= 0.6 is 11.3 Å². The van der Waals surface area contributed by atoms with Crippen LogP contribution in [-0.2, 0) is 12.0 Å². The van der Waals surface area contributed by atoms with Gasteiger partial charge in [-0.1, -0.05) is 13.8 Å². The fourth-order valence-corrected chi connectivity index (χ4v) is 4.47. The normalized spacial score (nSPS) is 27.0. The molecule has 0 bridgehead atoms. The average Bonchev–Trinajstić information content (AvgIpc) is 2.49. The van der Waals surface area contributed by atoms with Crippen LogP contribution in [0, 0.1) is 5.41 Å². The topological polar surface area (TPSA) is 12.0 Å². The Hall–Kier alpha value is -0.340. The maximum Gasteiger partial charge on any atom is 0.0541 e. The van der Waals surface area contributed by atoms with Crippen molar-refractivity contribution in [2.24, 2.45) is 5.41 Å². The van der Waals surface area contributed by atoms with Gasteiger partial charge in [-0.15, -0.1) is 11.3 Å². The molecule has 3 rings (SSSR count). The van der Waals surface area contributed by atoms with Crippen LogP contribution in [0.5, 0.6) is 0 Å². The van der Waals surface area contributed by atoms with E-state index in [0.717, 1.165) is 0 Å². The van der Waals surface area contributed by atoms with Crippen LogP contribution in [0.1, 0.15) is 37.1 Å². The summed E-state index contributed by atoms with van der Waals surface area (Å²) in [6, 6.07) is 2.31. The molecule has 76 valence electrons. The van der Waals surface area contributed by atoms with Gasteiger partial charge in [-0.25, -0.2) is 0 Å². The summed E-state index contributed by atoms with van der Waals surface area (Å²) in [5.74, 6) is 0. The van der Waals surface area contributed by atoms with Crippen molar-refractivity contribution in [3.63, 3.8) is 0 Å². The predicted molar refractivity (Wildman–Crippen MR) is 60.7 cm³/mol. The van der Waals surface area contributed by atoms with E-state index in [9.17, 15) is 0 Å². The lowest BCUT2D eigenvalue weighted by Crippen LogP contribution is -2.58. The summed E-state index contributed by atoms with van der Waals surface area (Å²) in [7, 11) is 0. The zero-order chi connectivity index (χ0) is 9.81. The number of rotatable bonds is 0. The Balaban J connectivity index is 1.98. The summed E-state index contributed by atoms with van der Waals surface area (Å²) >= 11 is 1.95. The van der Waals surface area contributed by atoms with Crippen molar-refractivity contribution in [3.8, 4) is 0 Å². The maximum absolute atomic E-state index is 3.74. The first-order chi connectivity index (χ1) is 6.61. The van der Waals surface area contributed by atoms with Crippen LogP contribution in [0.2, 0.25) is 0 Å². The van der Waals surface area contributed by atoms with Gasteiger partial charge >= 0.3 is 0 Å². The SMILES string of the molecule is CC1(C)CC2(C1)NCCc1ccsc12. The van der Waals surface area contributed by atoms with Gasteiger partial charge in [0.05, 0.1) is 5.54 Å². The van der Waals surface area contributed by atoms with Gasteiger partial charge in [0, 0.05) is 11.4 Å². The smallest absolute Gasteiger partial charge is 0.0541 e. The highest BCUT2D eigenvalue weighted by Gasteiger charge is 2.52. The molecule has 2 heterocycles. The minimum atomic E-state index is 0.366. The molecule has 1 spiro atoms. The molecule has 0 amide bonds. The molecule has 1 fully saturated rings. The lowest BCUT2D eigenvalue weighted by Gasteiger charge is -2.55. The minimum Gasteiger partial charge on any atom is -0.306 e. The molecular formula is C12H17NS. The molecule has 2 aliphatic rings. The molecule has 0 atom stereocenters. The second-order valence-corrected chi connectivity index (χ2v) is 6.47. The van der Waals surface area contributed by atoms with Gasteiger partial charge in [0.25, 0.3) is 0 Å². The van der Waals surface area contributed by atoms with Crippen LogP contribution in [0.15, 0.2) is 11.4 Å². The first-order valence-electron chi connectivity index (χ1n) is 5.43. The molecule has 0 aromatic carbocycles. The van der Waals surface area contributed by atoms with Crippen molar-refractivity contribution < 1.29 is 0 Å². The first-order valence-corrected chi connectivity index (χ1v) is 6.31. The number of fused-ring (bicyclic) bond motifs is 2. The molecule has 2 heteroatoms. The summed E-state index contributed by atoms with van der Waals surface area (Å²) in [4.78, 5) is 1.63. The van der Waals surface area contributed by atoms with Gasteiger partial charge in [0.2, 0.25) is 0 Å². The van der Waals surface area contributed by atoms with Crippen molar-refractivity contribution in [1.29, 1.82) is 0 Å². The van der Waals surface area contributed by atoms with E-state index in [4.69, 9.17) is 0 Å². The number of hydrogen-bond acceptors (Lipinski definition) is 2. The van der Waals surface area contributed by atoms with E-state index < -0.39 is 0 Å². The third kappa shape index (κ3) is 1.10. The van der Waals surface area contributed by atoms with Gasteiger partial charge in [0.1, 0.15) is 0 Å². The number of nitrogens with one attached hydrogen (secondary N) is 1. The Morgan fingerprint density at radius 2 is 2.14 bits per heavy atom. The first kappa shape index (κ1) is 8.93. The van der Waals surface area contributed by atoms with Crippen molar-refractivity contribution in [3.05, 3.63) is 21.9 Å². The highest BCUT2D eigenvalue weighted by molar-refractivity contribution is 7.10. The molecule has 0 unspecified atom stereocenters. The zero-order valence-corrected chi connectivity index (χ0v) is 9.71. The van der Waals surface area contributed by atoms with Gasteiger partial charge in [-0.3, -0.25) is 0 Å². The average molecular weight is 207 g/mol. The van der Waals surface area contributed by atoms with Crippen molar-refractivity contribution in [2.75, 3.05) is 6.54 Å². The van der Waals surface area contributed by atoms with Crippen molar-refractivity contribution >= 4 is 11.3 Å². The van der Waals surface area contributed by atoms with Crippen LogP contribution in [0.4, 0.5) is 0 Å². The predicted octanol–water partition coefficient (Wildman–Crippen LogP) is 2.91. The standard InChI is InChI=1S/C12H17NS/c1-11(2)7-12(8-11)10-9(3-5-13-12)4-6-14-10/h4,6,13H,3,5,7-8H2,1-2H3. The van der Waals surface area contributed by atoms with E-state index in [1.807, 2.05) is 11.3 Å². The van der Waals surface area contributed by atoms with Crippen LogP contribution in [0.3, 0.4) is 0 Å². The summed E-state index contributed by atoms with van der Waals surface area (Å²) in [6.45, 7) is 5.92. The van der Waals surface area contributed by atoms with E-state index in [1.54, 1.807) is 10.4 Å². The lowest BCUT2D eigenvalue weighted by atomic mass is 9.57. The fourth-order valence-electron chi connectivity index (χ4n) is 3.34. The van der Waals surface area contributed by atoms with Crippen LogP contribution in [0.25, 0.3) is 0 Å². The largest absolute Gasteiger partial charge is 0.306 e. The summed E-state index contributed by atoms with van der Waals surface area (Å²) in [6.07, 6.45) is 3.85. The van der Waals surface area contributed by atoms with E-state index in [0.29, 0.717) is 11.0 Å². The van der Waals surface area contributed by atoms with Crippen LogP contribution < -0.4 is 5.32 Å². The van der Waals surface area contributed by atoms with E-state index in [1.165, 1.54) is 25.8 Å². The van der Waals surface area contributed by atoms with E-state index >= 15 is 0 Å². The molecule has 0 saturated heterocycles. The van der Waals surface area contributed by atoms with Crippen molar-refractivity contribution in [2.45, 2.75) is 38.6 Å². The molecule has 1 nitrogen and oxygen atoms in total. The molecule has 1 N–H and O–H groups in total. The van der Waals surface area contributed by atoms with Crippen LogP contribution in [-0.4, -0.2) is 6.54 Å². The Morgan fingerprint density at radius 1 is 1.36 bits per heavy atom. The number of thiophene rings is 1. The van der Waals surface area contributed by atoms with Gasteiger partial charge in [-0.2, -0.15) is 0 Å². The quantitative estimate of drug-likeness (QED) is 0.690. The molecule has 1 aliphatic heterocycles. The molecule has 1 aromatic rings. The second kappa shape index (κ2) is 2.61. The molecule has 1 aromatic heterocycles. The highest BCUT2D eigenvalue weighted by atomic mass is 32.1. The van der Waals surface area contributed by atoms with E-state index in [2.05, 4.69) is 30.6 Å². The monoisotopic (exact) mass is 207 g/mol. The van der Waals surface area contributed by atoms with Gasteiger partial charge < -0.3 is 5.32 Å². The van der Waals surface area contributed by atoms with Gasteiger partial charge in [0.15, 0.2) is 0 Å². The Bertz CT molecular complexity index is 356. The fraction of sp³-hybridized carbons (Fsp3) is 0.667. The zero-order valence-electron chi connectivity index (χ0n) is 8.89. The Morgan fingerprint density at radius 3 is 2.86 bits per heavy atom. The second-order valence-electron chi connectivity index (χ2n) is 5.55. The molecule has 0 radical (unpaired) electrons. The molecule has 14 heavy (non-hydrogen) atoms. The molecule has 1 saturated carbocycles. The summed E-state index contributed by atoms with van der Waals surface area (Å²) in [5, 5.41) is 5.99. The molecular weight excluding hydrogens is 190 g/mol. The minimum absolute atomic E-state index is 0.366. The Labute approximate surface area is 89.5 Å². The van der Waals surface area contributed by atoms with E-state index in [-0.39, 0.29) is 0 Å². The Kier molecular flexibility index (Phi) is 1.67. The van der Waals surface area contributed by atoms with Gasteiger partial charge in [-0.05, 0) is 41.7 Å². The summed E-state index contributed by atoms with van der Waals surface area (Å²) < 4.78 is 0. The maximum atomic E-state index is 3.74. The third-order valence-corrected chi connectivity index (χ3v) is 4.76. The molecule has 1 aliphatic carbocycles. The third-order valence-electron chi connectivity index (χ3n) is 3.60. The summed E-state index contributed by atoms with van der Waals surface area (Å²) in [5.41, 5.74) is 2.51.